The van der Waals surface area contributed by atoms with Crippen molar-refractivity contribution in [3.05, 3.63) is 101 Å². The van der Waals surface area contributed by atoms with Gasteiger partial charge >= 0.3 is 5.97 Å². The van der Waals surface area contributed by atoms with Gasteiger partial charge in [-0.1, -0.05) is 24.0 Å². The number of halogens is 1. The lowest BCUT2D eigenvalue weighted by molar-refractivity contribution is -0.115. The maximum absolute atomic E-state index is 12.9. The Labute approximate surface area is 184 Å². The first kappa shape index (κ1) is 22.2. The van der Waals surface area contributed by atoms with Crippen LogP contribution in [0.4, 0.5) is 10.1 Å². The molecule has 6 nitrogen and oxygen atoms in total. The molecule has 160 valence electrons. The molecule has 0 radical (unpaired) electrons. The van der Waals surface area contributed by atoms with Gasteiger partial charge in [-0.25, -0.2) is 9.18 Å². The van der Waals surface area contributed by atoms with Crippen molar-refractivity contribution in [2.75, 3.05) is 19.0 Å². The second-order valence-corrected chi connectivity index (χ2v) is 6.64. The van der Waals surface area contributed by atoms with Crippen LogP contribution in [0.2, 0.25) is 0 Å². The van der Waals surface area contributed by atoms with E-state index in [0.29, 0.717) is 22.4 Å². The molecule has 2 amide bonds. The van der Waals surface area contributed by atoms with E-state index >= 15 is 0 Å². The van der Waals surface area contributed by atoms with Gasteiger partial charge in [-0.2, -0.15) is 0 Å². The number of esters is 1. The minimum Gasteiger partial charge on any atom is -0.465 e. The Morgan fingerprint density at radius 2 is 1.53 bits per heavy atom. The molecule has 7 heteroatoms. The van der Waals surface area contributed by atoms with Crippen LogP contribution >= 0.6 is 0 Å². The highest BCUT2D eigenvalue weighted by Crippen LogP contribution is 2.11. The molecular formula is C25H19FN2O4. The van der Waals surface area contributed by atoms with Gasteiger partial charge in [0.05, 0.1) is 19.2 Å². The van der Waals surface area contributed by atoms with Gasteiger partial charge in [-0.3, -0.25) is 9.59 Å². The van der Waals surface area contributed by atoms with Crippen LogP contribution in [0.15, 0.2) is 72.8 Å². The summed E-state index contributed by atoms with van der Waals surface area (Å²) >= 11 is 0. The second kappa shape index (κ2) is 10.5. The van der Waals surface area contributed by atoms with Gasteiger partial charge in [0.25, 0.3) is 5.91 Å². The molecule has 0 spiro atoms. The predicted octanol–water partition coefficient (Wildman–Crippen LogP) is 3.38. The first-order valence-corrected chi connectivity index (χ1v) is 9.58. The Balaban J connectivity index is 1.60. The molecule has 0 fully saturated rings. The third-order valence-corrected chi connectivity index (χ3v) is 4.30. The summed E-state index contributed by atoms with van der Waals surface area (Å²) in [6.45, 7) is -0.244. The van der Waals surface area contributed by atoms with E-state index in [1.807, 2.05) is 0 Å². The van der Waals surface area contributed by atoms with Crippen molar-refractivity contribution in [3.63, 3.8) is 0 Å². The summed E-state index contributed by atoms with van der Waals surface area (Å²) in [4.78, 5) is 35.8. The molecular weight excluding hydrogens is 411 g/mol. The number of methoxy groups -OCH3 is 1. The normalized spacial score (nSPS) is 9.81. The van der Waals surface area contributed by atoms with Crippen molar-refractivity contribution < 1.29 is 23.5 Å². The SMILES string of the molecule is COC(=O)c1cccc(C#Cc2cccc(NC(=O)CNC(=O)c3ccc(F)cc3)c2)c1. The van der Waals surface area contributed by atoms with Crippen LogP contribution in [0.3, 0.4) is 0 Å². The van der Waals surface area contributed by atoms with Crippen LogP contribution in [-0.2, 0) is 9.53 Å². The molecule has 0 aliphatic carbocycles. The van der Waals surface area contributed by atoms with E-state index in [1.54, 1.807) is 48.5 Å². The summed E-state index contributed by atoms with van der Waals surface area (Å²) in [6.07, 6.45) is 0. The van der Waals surface area contributed by atoms with Crippen LogP contribution in [0.25, 0.3) is 0 Å². The largest absolute Gasteiger partial charge is 0.465 e. The topological polar surface area (TPSA) is 84.5 Å². The van der Waals surface area contributed by atoms with Gasteiger partial charge in [-0.05, 0) is 60.7 Å². The van der Waals surface area contributed by atoms with Gasteiger partial charge in [0.15, 0.2) is 0 Å². The van der Waals surface area contributed by atoms with Gasteiger partial charge in [0, 0.05) is 22.4 Å². The fourth-order valence-corrected chi connectivity index (χ4v) is 2.73. The van der Waals surface area contributed by atoms with Gasteiger partial charge in [0.2, 0.25) is 5.91 Å². The maximum Gasteiger partial charge on any atom is 0.337 e. The lowest BCUT2D eigenvalue weighted by atomic mass is 10.1. The maximum atomic E-state index is 12.9. The van der Waals surface area contributed by atoms with Crippen LogP contribution in [-0.4, -0.2) is 31.4 Å². The number of benzene rings is 3. The number of hydrogen-bond acceptors (Lipinski definition) is 4. The lowest BCUT2D eigenvalue weighted by Gasteiger charge is -2.07. The molecule has 0 aromatic heterocycles. The number of anilines is 1. The number of carbonyl (C=O) groups is 3. The summed E-state index contributed by atoms with van der Waals surface area (Å²) < 4.78 is 17.6. The third kappa shape index (κ3) is 6.28. The monoisotopic (exact) mass is 430 g/mol. The van der Waals surface area contributed by atoms with Crippen molar-refractivity contribution in [2.24, 2.45) is 0 Å². The first-order valence-electron chi connectivity index (χ1n) is 9.58. The van der Waals surface area contributed by atoms with Crippen LogP contribution < -0.4 is 10.6 Å². The van der Waals surface area contributed by atoms with Crippen molar-refractivity contribution >= 4 is 23.5 Å². The molecule has 0 aliphatic rings. The Morgan fingerprint density at radius 1 is 0.875 bits per heavy atom. The quantitative estimate of drug-likeness (QED) is 0.480. The smallest absolute Gasteiger partial charge is 0.337 e. The highest BCUT2D eigenvalue weighted by atomic mass is 19.1. The van der Waals surface area contributed by atoms with E-state index < -0.39 is 23.6 Å². The molecule has 0 aliphatic heterocycles. The molecule has 0 bridgehead atoms. The van der Waals surface area contributed by atoms with Gasteiger partial charge in [-0.15, -0.1) is 0 Å². The molecule has 0 heterocycles. The number of amides is 2. The zero-order valence-electron chi connectivity index (χ0n) is 17.1. The summed E-state index contributed by atoms with van der Waals surface area (Å²) in [6, 6.07) is 18.7. The molecule has 0 saturated carbocycles. The predicted molar refractivity (Wildman–Crippen MR) is 118 cm³/mol. The van der Waals surface area contributed by atoms with Gasteiger partial charge in [0.1, 0.15) is 5.82 Å². The molecule has 3 rings (SSSR count). The molecule has 3 aromatic carbocycles. The fourth-order valence-electron chi connectivity index (χ4n) is 2.73. The minimum absolute atomic E-state index is 0.244. The number of carbonyl (C=O) groups excluding carboxylic acids is 3. The number of hydrogen-bond donors (Lipinski definition) is 2. The van der Waals surface area contributed by atoms with Crippen LogP contribution in [0.1, 0.15) is 31.8 Å². The third-order valence-electron chi connectivity index (χ3n) is 4.30. The van der Waals surface area contributed by atoms with Crippen LogP contribution in [0.5, 0.6) is 0 Å². The zero-order chi connectivity index (χ0) is 22.9. The van der Waals surface area contributed by atoms with E-state index in [1.165, 1.54) is 31.4 Å². The Bertz CT molecular complexity index is 1210. The summed E-state index contributed by atoms with van der Waals surface area (Å²) in [5.74, 6) is 4.17. The molecule has 0 atom stereocenters. The summed E-state index contributed by atoms with van der Waals surface area (Å²) in [5, 5.41) is 5.17. The Hall–Kier alpha value is -4.44. The highest BCUT2D eigenvalue weighted by molar-refractivity contribution is 5.99. The van der Waals surface area contributed by atoms with Gasteiger partial charge < -0.3 is 15.4 Å². The van der Waals surface area contributed by atoms with Crippen molar-refractivity contribution in [2.45, 2.75) is 0 Å². The minimum atomic E-state index is -0.478. The van der Waals surface area contributed by atoms with E-state index in [0.717, 1.165) is 0 Å². The van der Waals surface area contributed by atoms with E-state index in [-0.39, 0.29) is 12.1 Å². The molecule has 32 heavy (non-hydrogen) atoms. The molecule has 2 N–H and O–H groups in total. The average molecular weight is 430 g/mol. The van der Waals surface area contributed by atoms with Crippen molar-refractivity contribution in [1.82, 2.24) is 5.32 Å². The Morgan fingerprint density at radius 3 is 2.22 bits per heavy atom. The lowest BCUT2D eigenvalue weighted by Crippen LogP contribution is -2.32. The number of ether oxygens (including phenoxy) is 1. The van der Waals surface area contributed by atoms with Crippen molar-refractivity contribution in [3.8, 4) is 11.8 Å². The van der Waals surface area contributed by atoms with Crippen molar-refractivity contribution in [1.29, 1.82) is 0 Å². The first-order chi connectivity index (χ1) is 15.4. The average Bonchev–Trinajstić information content (AvgIpc) is 2.81. The van der Waals surface area contributed by atoms with E-state index in [9.17, 15) is 18.8 Å². The zero-order valence-corrected chi connectivity index (χ0v) is 17.1. The highest BCUT2D eigenvalue weighted by Gasteiger charge is 2.09. The summed E-state index contributed by atoms with van der Waals surface area (Å²) in [5.41, 5.74) is 2.48. The fraction of sp³-hybridized carbons (Fsp3) is 0.0800. The second-order valence-electron chi connectivity index (χ2n) is 6.64. The number of nitrogens with one attached hydrogen (secondary N) is 2. The van der Waals surface area contributed by atoms with Crippen LogP contribution in [0, 0.1) is 17.7 Å². The van der Waals surface area contributed by atoms with E-state index in [2.05, 4.69) is 22.5 Å². The number of rotatable bonds is 5. The summed E-state index contributed by atoms with van der Waals surface area (Å²) in [7, 11) is 1.31. The van der Waals surface area contributed by atoms with E-state index in [4.69, 9.17) is 4.74 Å². The molecule has 0 unspecified atom stereocenters. The standard InChI is InChI=1S/C25H19FN2O4/c1-32-25(31)20-6-2-4-17(14-20)8-9-18-5-3-7-22(15-18)28-23(29)16-27-24(30)19-10-12-21(26)13-11-19/h2-7,10-15H,16H2,1H3,(H,27,30)(H,28,29). The molecule has 3 aromatic rings. The Kier molecular flexibility index (Phi) is 7.33. The molecule has 0 saturated heterocycles.